The summed E-state index contributed by atoms with van der Waals surface area (Å²) in [5.41, 5.74) is 0.757. The van der Waals surface area contributed by atoms with E-state index in [1.54, 1.807) is 12.1 Å². The summed E-state index contributed by atoms with van der Waals surface area (Å²) in [4.78, 5) is 20.9. The van der Waals surface area contributed by atoms with Gasteiger partial charge in [0.25, 0.3) is 5.69 Å². The third-order valence-corrected chi connectivity index (χ3v) is 2.34. The Morgan fingerprint density at radius 1 is 1.47 bits per heavy atom. The number of nitrogens with zero attached hydrogens (tertiary/aromatic N) is 1. The van der Waals surface area contributed by atoms with Crippen LogP contribution in [0.2, 0.25) is 0 Å². The first-order valence-electron chi connectivity index (χ1n) is 5.24. The van der Waals surface area contributed by atoms with E-state index in [-0.39, 0.29) is 5.69 Å². The van der Waals surface area contributed by atoms with Gasteiger partial charge in [-0.05, 0) is 18.5 Å². The number of carboxylic acid groups (broad SMARTS) is 1. The maximum atomic E-state index is 10.9. The Bertz CT molecular complexity index is 402. The molecule has 1 aromatic carbocycles. The molecule has 0 amide bonds. The highest BCUT2D eigenvalue weighted by Crippen LogP contribution is 2.13. The highest BCUT2D eigenvalue weighted by molar-refractivity contribution is 5.73. The first-order chi connectivity index (χ1) is 8.04. The summed E-state index contributed by atoms with van der Waals surface area (Å²) in [6, 6.07) is 5.23. The van der Waals surface area contributed by atoms with Crippen LogP contribution in [0.4, 0.5) is 5.69 Å². The monoisotopic (exact) mass is 238 g/mol. The quantitative estimate of drug-likeness (QED) is 0.573. The van der Waals surface area contributed by atoms with Gasteiger partial charge in [0.05, 0.1) is 4.92 Å². The lowest BCUT2D eigenvalue weighted by atomic mass is 10.1. The molecule has 1 atom stereocenters. The zero-order valence-corrected chi connectivity index (χ0v) is 9.42. The van der Waals surface area contributed by atoms with E-state index < -0.39 is 16.9 Å². The third-order valence-electron chi connectivity index (χ3n) is 2.34. The predicted molar refractivity (Wildman–Crippen MR) is 61.9 cm³/mol. The largest absolute Gasteiger partial charge is 0.480 e. The second-order valence-corrected chi connectivity index (χ2v) is 3.58. The number of nitro benzene ring substituents is 1. The van der Waals surface area contributed by atoms with Crippen molar-refractivity contribution in [3.05, 3.63) is 39.9 Å². The zero-order chi connectivity index (χ0) is 12.8. The van der Waals surface area contributed by atoms with Crippen molar-refractivity contribution in [1.29, 1.82) is 0 Å². The van der Waals surface area contributed by atoms with Gasteiger partial charge in [0.1, 0.15) is 6.04 Å². The number of nitro groups is 1. The molecule has 0 fully saturated rings. The van der Waals surface area contributed by atoms with Crippen molar-refractivity contribution < 1.29 is 14.8 Å². The molecule has 0 aliphatic rings. The Balaban J connectivity index is 2.73. The van der Waals surface area contributed by atoms with Gasteiger partial charge in [-0.25, -0.2) is 0 Å². The van der Waals surface area contributed by atoms with Gasteiger partial charge < -0.3 is 10.4 Å². The number of nitrogens with one attached hydrogen (secondary N) is 1. The molecular formula is C11H14N2O4. The van der Waals surface area contributed by atoms with Crippen LogP contribution in [0.3, 0.4) is 0 Å². The Morgan fingerprint density at radius 2 is 2.06 bits per heavy atom. The number of likely N-dealkylation sites (N-methyl/N-ethyl adjacent to an activating group) is 1. The van der Waals surface area contributed by atoms with E-state index in [1.165, 1.54) is 12.1 Å². The molecule has 6 heteroatoms. The fraction of sp³-hybridized carbons (Fsp3) is 0.364. The molecule has 1 rings (SSSR count). The fourth-order valence-electron chi connectivity index (χ4n) is 1.48. The predicted octanol–water partition coefficient (Wildman–Crippen LogP) is 1.20. The Hall–Kier alpha value is -1.95. The topological polar surface area (TPSA) is 92.5 Å². The Kier molecular flexibility index (Phi) is 4.59. The molecule has 2 N–H and O–H groups in total. The van der Waals surface area contributed by atoms with Crippen LogP contribution >= 0.6 is 0 Å². The van der Waals surface area contributed by atoms with Crippen molar-refractivity contribution in [3.8, 4) is 0 Å². The van der Waals surface area contributed by atoms with Crippen LogP contribution in [0.5, 0.6) is 0 Å². The van der Waals surface area contributed by atoms with Crippen molar-refractivity contribution in [3.63, 3.8) is 0 Å². The molecule has 0 saturated heterocycles. The molecule has 0 bridgehead atoms. The lowest BCUT2D eigenvalue weighted by Crippen LogP contribution is -2.38. The summed E-state index contributed by atoms with van der Waals surface area (Å²) < 4.78 is 0. The SMILES string of the molecule is CCN[C@@H](Cc1ccc([N+](=O)[O-])cc1)C(=O)O. The van der Waals surface area contributed by atoms with Gasteiger partial charge in [-0.1, -0.05) is 19.1 Å². The molecule has 6 nitrogen and oxygen atoms in total. The molecule has 0 heterocycles. The minimum Gasteiger partial charge on any atom is -0.480 e. The molecule has 0 spiro atoms. The van der Waals surface area contributed by atoms with Crippen molar-refractivity contribution in [2.45, 2.75) is 19.4 Å². The third kappa shape index (κ3) is 3.84. The van der Waals surface area contributed by atoms with Crippen LogP contribution in [0.15, 0.2) is 24.3 Å². The first kappa shape index (κ1) is 13.1. The fourth-order valence-corrected chi connectivity index (χ4v) is 1.48. The minimum absolute atomic E-state index is 0.00377. The van der Waals surface area contributed by atoms with Crippen LogP contribution in [0.25, 0.3) is 0 Å². The van der Waals surface area contributed by atoms with E-state index >= 15 is 0 Å². The van der Waals surface area contributed by atoms with Crippen LogP contribution in [-0.4, -0.2) is 28.6 Å². The summed E-state index contributed by atoms with van der Waals surface area (Å²) >= 11 is 0. The maximum Gasteiger partial charge on any atom is 0.321 e. The molecule has 0 radical (unpaired) electrons. The lowest BCUT2D eigenvalue weighted by Gasteiger charge is -2.12. The molecule has 17 heavy (non-hydrogen) atoms. The van der Waals surface area contributed by atoms with E-state index in [4.69, 9.17) is 5.11 Å². The van der Waals surface area contributed by atoms with Gasteiger partial charge in [-0.15, -0.1) is 0 Å². The maximum absolute atomic E-state index is 10.9. The van der Waals surface area contributed by atoms with Crippen molar-refractivity contribution in [2.75, 3.05) is 6.54 Å². The number of aliphatic carboxylic acids is 1. The van der Waals surface area contributed by atoms with Gasteiger partial charge in [0.2, 0.25) is 0 Å². The van der Waals surface area contributed by atoms with E-state index in [1.807, 2.05) is 6.92 Å². The number of rotatable bonds is 6. The molecule has 0 unspecified atom stereocenters. The second-order valence-electron chi connectivity index (χ2n) is 3.58. The summed E-state index contributed by atoms with van der Waals surface area (Å²) in [6.45, 7) is 2.38. The first-order valence-corrected chi connectivity index (χ1v) is 5.24. The molecular weight excluding hydrogens is 224 g/mol. The number of carbonyl (C=O) groups is 1. The van der Waals surface area contributed by atoms with Crippen molar-refractivity contribution in [1.82, 2.24) is 5.32 Å². The van der Waals surface area contributed by atoms with E-state index in [2.05, 4.69) is 5.32 Å². The second kappa shape index (κ2) is 5.95. The Labute approximate surface area is 98.4 Å². The molecule has 92 valence electrons. The number of benzene rings is 1. The highest BCUT2D eigenvalue weighted by Gasteiger charge is 2.16. The van der Waals surface area contributed by atoms with E-state index in [0.29, 0.717) is 13.0 Å². The van der Waals surface area contributed by atoms with E-state index in [9.17, 15) is 14.9 Å². The number of carboxylic acids is 1. The molecule has 0 saturated carbocycles. The highest BCUT2D eigenvalue weighted by atomic mass is 16.6. The molecule has 1 aromatic rings. The number of hydrogen-bond donors (Lipinski definition) is 2. The summed E-state index contributed by atoms with van der Waals surface area (Å²) in [5.74, 6) is -0.926. The minimum atomic E-state index is -0.926. The summed E-state index contributed by atoms with van der Waals surface area (Å²) in [7, 11) is 0. The van der Waals surface area contributed by atoms with Gasteiger partial charge in [-0.2, -0.15) is 0 Å². The van der Waals surface area contributed by atoms with Gasteiger partial charge in [0, 0.05) is 12.1 Å². The summed E-state index contributed by atoms with van der Waals surface area (Å²) in [6.07, 6.45) is 0.307. The van der Waals surface area contributed by atoms with Crippen molar-refractivity contribution in [2.24, 2.45) is 0 Å². The lowest BCUT2D eigenvalue weighted by molar-refractivity contribution is -0.384. The van der Waals surface area contributed by atoms with Crippen LogP contribution < -0.4 is 5.32 Å². The molecule has 0 aliphatic carbocycles. The zero-order valence-electron chi connectivity index (χ0n) is 9.42. The average molecular weight is 238 g/mol. The Morgan fingerprint density at radius 3 is 2.47 bits per heavy atom. The molecule has 0 aliphatic heterocycles. The number of non-ortho nitro benzene ring substituents is 1. The van der Waals surface area contributed by atoms with Gasteiger partial charge in [-0.3, -0.25) is 14.9 Å². The normalized spacial score (nSPS) is 12.1. The molecule has 0 aromatic heterocycles. The van der Waals surface area contributed by atoms with Crippen molar-refractivity contribution >= 4 is 11.7 Å². The van der Waals surface area contributed by atoms with Crippen LogP contribution in [0.1, 0.15) is 12.5 Å². The van der Waals surface area contributed by atoms with E-state index in [0.717, 1.165) is 5.56 Å². The standard InChI is InChI=1S/C11H14N2O4/c1-2-12-10(11(14)15)7-8-3-5-9(6-4-8)13(16)17/h3-6,10,12H,2,7H2,1H3,(H,14,15)/t10-/m0/s1. The number of hydrogen-bond acceptors (Lipinski definition) is 4. The van der Waals surface area contributed by atoms with Crippen LogP contribution in [-0.2, 0) is 11.2 Å². The average Bonchev–Trinajstić information content (AvgIpc) is 2.29. The van der Waals surface area contributed by atoms with Crippen LogP contribution in [0, 0.1) is 10.1 Å². The summed E-state index contributed by atoms with van der Waals surface area (Å²) in [5, 5.41) is 22.2. The van der Waals surface area contributed by atoms with Gasteiger partial charge in [0.15, 0.2) is 0 Å². The van der Waals surface area contributed by atoms with Gasteiger partial charge >= 0.3 is 5.97 Å². The smallest absolute Gasteiger partial charge is 0.321 e.